The highest BCUT2D eigenvalue weighted by molar-refractivity contribution is 5.74. The lowest BCUT2D eigenvalue weighted by molar-refractivity contribution is 0.186. The van der Waals surface area contributed by atoms with Gasteiger partial charge in [0.1, 0.15) is 0 Å². The Morgan fingerprint density at radius 3 is 2.69 bits per heavy atom. The molecule has 0 aromatic carbocycles. The lowest BCUT2D eigenvalue weighted by atomic mass is 10.1. The highest BCUT2D eigenvalue weighted by Gasteiger charge is 2.15. The third kappa shape index (κ3) is 4.84. The number of hydrogen-bond donors (Lipinski definition) is 2. The van der Waals surface area contributed by atoms with Crippen molar-refractivity contribution >= 4 is 6.03 Å². The molecular formula is C12H25N3O. The molecule has 1 aliphatic heterocycles. The van der Waals surface area contributed by atoms with E-state index in [2.05, 4.69) is 12.2 Å². The van der Waals surface area contributed by atoms with E-state index in [1.54, 1.807) is 0 Å². The van der Waals surface area contributed by atoms with Crippen LogP contribution in [0.25, 0.3) is 0 Å². The highest BCUT2D eigenvalue weighted by Crippen LogP contribution is 2.08. The number of likely N-dealkylation sites (tertiary alicyclic amines) is 1. The van der Waals surface area contributed by atoms with Gasteiger partial charge < -0.3 is 16.0 Å². The molecule has 1 fully saturated rings. The SMILES string of the molecule is CC(CN)CCCNC(=O)N1CCCCC1. The molecule has 4 heteroatoms. The van der Waals surface area contributed by atoms with Gasteiger partial charge in [0.2, 0.25) is 0 Å². The molecule has 1 heterocycles. The number of urea groups is 1. The summed E-state index contributed by atoms with van der Waals surface area (Å²) >= 11 is 0. The molecule has 0 aromatic heterocycles. The summed E-state index contributed by atoms with van der Waals surface area (Å²) < 4.78 is 0. The quantitative estimate of drug-likeness (QED) is 0.700. The third-order valence-electron chi connectivity index (χ3n) is 3.20. The molecule has 1 saturated heterocycles. The van der Waals surface area contributed by atoms with Crippen LogP contribution in [0.2, 0.25) is 0 Å². The number of rotatable bonds is 5. The summed E-state index contributed by atoms with van der Waals surface area (Å²) in [6.45, 7) is 5.50. The molecule has 3 N–H and O–H groups in total. The van der Waals surface area contributed by atoms with Crippen LogP contribution in [0.15, 0.2) is 0 Å². The molecule has 0 aromatic rings. The van der Waals surface area contributed by atoms with Crippen LogP contribution >= 0.6 is 0 Å². The fraction of sp³-hybridized carbons (Fsp3) is 0.917. The maximum absolute atomic E-state index is 11.7. The van der Waals surface area contributed by atoms with Crippen LogP contribution in [-0.2, 0) is 0 Å². The topological polar surface area (TPSA) is 58.4 Å². The van der Waals surface area contributed by atoms with E-state index in [9.17, 15) is 4.79 Å². The number of nitrogens with one attached hydrogen (secondary N) is 1. The Balaban J connectivity index is 2.05. The molecule has 1 atom stereocenters. The minimum absolute atomic E-state index is 0.111. The predicted octanol–water partition coefficient (Wildman–Crippen LogP) is 1.56. The number of carbonyl (C=O) groups is 1. The molecule has 94 valence electrons. The monoisotopic (exact) mass is 227 g/mol. The van der Waals surface area contributed by atoms with E-state index in [4.69, 9.17) is 5.73 Å². The van der Waals surface area contributed by atoms with Gasteiger partial charge in [0.15, 0.2) is 0 Å². The van der Waals surface area contributed by atoms with Gasteiger partial charge in [-0.2, -0.15) is 0 Å². The first-order valence-corrected chi connectivity index (χ1v) is 6.47. The summed E-state index contributed by atoms with van der Waals surface area (Å²) in [5.41, 5.74) is 5.54. The normalized spacial score (nSPS) is 18.2. The zero-order valence-corrected chi connectivity index (χ0v) is 10.4. The second-order valence-electron chi connectivity index (χ2n) is 4.76. The second-order valence-corrected chi connectivity index (χ2v) is 4.76. The molecule has 0 aliphatic carbocycles. The van der Waals surface area contributed by atoms with Crippen LogP contribution in [0.1, 0.15) is 39.0 Å². The second kappa shape index (κ2) is 7.49. The van der Waals surface area contributed by atoms with E-state index in [0.29, 0.717) is 5.92 Å². The number of piperidine rings is 1. The van der Waals surface area contributed by atoms with Gasteiger partial charge in [0.05, 0.1) is 0 Å². The number of nitrogens with zero attached hydrogens (tertiary/aromatic N) is 1. The number of amides is 2. The van der Waals surface area contributed by atoms with Crippen LogP contribution in [0.5, 0.6) is 0 Å². The van der Waals surface area contributed by atoms with E-state index in [-0.39, 0.29) is 6.03 Å². The molecule has 0 bridgehead atoms. The molecule has 0 spiro atoms. The molecule has 1 unspecified atom stereocenters. The van der Waals surface area contributed by atoms with Crippen molar-refractivity contribution in [1.82, 2.24) is 10.2 Å². The van der Waals surface area contributed by atoms with Crippen molar-refractivity contribution in [1.29, 1.82) is 0 Å². The molecule has 0 radical (unpaired) electrons. The third-order valence-corrected chi connectivity index (χ3v) is 3.20. The zero-order chi connectivity index (χ0) is 11.8. The van der Waals surface area contributed by atoms with Gasteiger partial charge in [0, 0.05) is 19.6 Å². The highest BCUT2D eigenvalue weighted by atomic mass is 16.2. The minimum Gasteiger partial charge on any atom is -0.338 e. The standard InChI is InChI=1S/C12H25N3O/c1-11(10-13)6-5-7-14-12(16)15-8-3-2-4-9-15/h11H,2-10,13H2,1H3,(H,14,16). The van der Waals surface area contributed by atoms with Crippen molar-refractivity contribution in [3.05, 3.63) is 0 Å². The van der Waals surface area contributed by atoms with Crippen LogP contribution < -0.4 is 11.1 Å². The summed E-state index contributed by atoms with van der Waals surface area (Å²) in [5.74, 6) is 0.562. The van der Waals surface area contributed by atoms with Gasteiger partial charge in [-0.15, -0.1) is 0 Å². The van der Waals surface area contributed by atoms with Gasteiger partial charge in [-0.3, -0.25) is 0 Å². The number of hydrogen-bond acceptors (Lipinski definition) is 2. The van der Waals surface area contributed by atoms with Crippen LogP contribution in [0.4, 0.5) is 4.79 Å². The molecule has 1 aliphatic rings. The first kappa shape index (κ1) is 13.3. The largest absolute Gasteiger partial charge is 0.338 e. The van der Waals surface area contributed by atoms with E-state index in [1.165, 1.54) is 6.42 Å². The Morgan fingerprint density at radius 2 is 2.06 bits per heavy atom. The van der Waals surface area contributed by atoms with Crippen molar-refractivity contribution < 1.29 is 4.79 Å². The molecule has 4 nitrogen and oxygen atoms in total. The van der Waals surface area contributed by atoms with Crippen LogP contribution in [-0.4, -0.2) is 37.1 Å². The van der Waals surface area contributed by atoms with Crippen LogP contribution in [0, 0.1) is 5.92 Å². The zero-order valence-electron chi connectivity index (χ0n) is 10.4. The van der Waals surface area contributed by atoms with E-state index >= 15 is 0 Å². The van der Waals surface area contributed by atoms with Crippen molar-refractivity contribution in [3.8, 4) is 0 Å². The summed E-state index contributed by atoms with van der Waals surface area (Å²) in [7, 11) is 0. The lowest BCUT2D eigenvalue weighted by Crippen LogP contribution is -2.43. The van der Waals surface area contributed by atoms with Gasteiger partial charge in [-0.1, -0.05) is 6.92 Å². The molecular weight excluding hydrogens is 202 g/mol. The Morgan fingerprint density at radius 1 is 1.38 bits per heavy atom. The predicted molar refractivity (Wildman–Crippen MR) is 66.3 cm³/mol. The fourth-order valence-corrected chi connectivity index (χ4v) is 1.97. The average molecular weight is 227 g/mol. The number of nitrogens with two attached hydrogens (primary N) is 1. The van der Waals surface area contributed by atoms with Crippen molar-refractivity contribution in [2.24, 2.45) is 11.7 Å². The Kier molecular flexibility index (Phi) is 6.23. The van der Waals surface area contributed by atoms with Gasteiger partial charge >= 0.3 is 6.03 Å². The molecule has 16 heavy (non-hydrogen) atoms. The van der Waals surface area contributed by atoms with E-state index in [1.807, 2.05) is 4.90 Å². The first-order valence-electron chi connectivity index (χ1n) is 6.47. The van der Waals surface area contributed by atoms with Gasteiger partial charge in [-0.25, -0.2) is 4.79 Å². The first-order chi connectivity index (χ1) is 7.74. The Bertz CT molecular complexity index is 202. The summed E-state index contributed by atoms with van der Waals surface area (Å²) in [4.78, 5) is 13.6. The summed E-state index contributed by atoms with van der Waals surface area (Å²) in [5, 5.41) is 2.98. The van der Waals surface area contributed by atoms with Crippen molar-refractivity contribution in [2.45, 2.75) is 39.0 Å². The molecule has 0 saturated carbocycles. The molecule has 1 rings (SSSR count). The molecule has 2 amide bonds. The summed E-state index contributed by atoms with van der Waals surface area (Å²) in [6.07, 6.45) is 5.68. The fourth-order valence-electron chi connectivity index (χ4n) is 1.97. The van der Waals surface area contributed by atoms with Crippen molar-refractivity contribution in [2.75, 3.05) is 26.2 Å². The van der Waals surface area contributed by atoms with Crippen molar-refractivity contribution in [3.63, 3.8) is 0 Å². The van der Waals surface area contributed by atoms with Gasteiger partial charge in [0.25, 0.3) is 0 Å². The van der Waals surface area contributed by atoms with Gasteiger partial charge in [-0.05, 0) is 44.6 Å². The van der Waals surface area contributed by atoms with E-state index < -0.39 is 0 Å². The van der Waals surface area contributed by atoms with Crippen LogP contribution in [0.3, 0.4) is 0 Å². The Hall–Kier alpha value is -0.770. The summed E-state index contributed by atoms with van der Waals surface area (Å²) in [6, 6.07) is 0.111. The minimum atomic E-state index is 0.111. The maximum Gasteiger partial charge on any atom is 0.317 e. The number of carbonyl (C=O) groups excluding carboxylic acids is 1. The van der Waals surface area contributed by atoms with E-state index in [0.717, 1.165) is 51.9 Å². The smallest absolute Gasteiger partial charge is 0.317 e. The Labute approximate surface area is 98.6 Å². The maximum atomic E-state index is 11.7. The lowest BCUT2D eigenvalue weighted by Gasteiger charge is -2.26. The average Bonchev–Trinajstić information content (AvgIpc) is 2.35.